The topological polar surface area (TPSA) is 382 Å². The fourth-order valence-corrected chi connectivity index (χ4v) is 4.99. The Balaban J connectivity index is 2.35. The predicted octanol–water partition coefficient (Wildman–Crippen LogP) is -4.16. The fourth-order valence-electron chi connectivity index (χ4n) is 4.99. The first-order valence-electron chi connectivity index (χ1n) is 17.0. The zero-order chi connectivity index (χ0) is 41.1. The Morgan fingerprint density at radius 2 is 1.33 bits per heavy atom. The third-order valence-electron chi connectivity index (χ3n) is 7.90. The maximum Gasteiger partial charge on any atom is 0.305 e. The Morgan fingerprint density at radius 3 is 1.89 bits per heavy atom. The number of guanidine groups is 1. The van der Waals surface area contributed by atoms with Crippen LogP contribution in [0.5, 0.6) is 0 Å². The second-order valence-electron chi connectivity index (χ2n) is 12.4. The van der Waals surface area contributed by atoms with Crippen molar-refractivity contribution in [3.63, 3.8) is 0 Å². The molecule has 0 radical (unpaired) electrons. The number of carbonyl (C=O) groups is 8. The summed E-state index contributed by atoms with van der Waals surface area (Å²) in [5.74, 6) is -8.26. The first-order chi connectivity index (χ1) is 26.0. The number of aliphatic imine (C=N–C) groups is 1. The molecule has 1 heterocycles. The van der Waals surface area contributed by atoms with Crippen molar-refractivity contribution < 1.29 is 48.6 Å². The third kappa shape index (κ3) is 16.8. The van der Waals surface area contributed by atoms with E-state index >= 15 is 0 Å². The summed E-state index contributed by atoms with van der Waals surface area (Å²) >= 11 is 0. The van der Waals surface area contributed by atoms with Crippen molar-refractivity contribution in [1.29, 1.82) is 0 Å². The van der Waals surface area contributed by atoms with Gasteiger partial charge in [-0.05, 0) is 31.7 Å². The highest BCUT2D eigenvalue weighted by atomic mass is 16.4. The van der Waals surface area contributed by atoms with Gasteiger partial charge in [-0.15, -0.1) is 0 Å². The predicted molar refractivity (Wildman–Crippen MR) is 194 cm³/mol. The molecule has 6 amide bonds. The molecule has 6 atom stereocenters. The molecule has 22 nitrogen and oxygen atoms in total. The number of aliphatic carboxylic acids is 2. The highest BCUT2D eigenvalue weighted by Crippen LogP contribution is 2.09. The summed E-state index contributed by atoms with van der Waals surface area (Å²) in [5, 5.41) is 30.4. The molecule has 0 aliphatic heterocycles. The summed E-state index contributed by atoms with van der Waals surface area (Å²) in [6.07, 6.45) is 1.06. The number of carbonyl (C=O) groups excluding carboxylic acids is 6. The van der Waals surface area contributed by atoms with Crippen molar-refractivity contribution in [2.45, 2.75) is 88.1 Å². The monoisotopic (exact) mass is 772 g/mol. The van der Waals surface area contributed by atoms with Crippen molar-refractivity contribution in [2.24, 2.45) is 27.9 Å². The molecule has 22 heteroatoms. The van der Waals surface area contributed by atoms with Gasteiger partial charge < -0.3 is 64.7 Å². The van der Waals surface area contributed by atoms with E-state index in [0.717, 1.165) is 0 Å². The van der Waals surface area contributed by atoms with Crippen molar-refractivity contribution in [1.82, 2.24) is 36.6 Å². The molecule has 0 bridgehead atoms. The molecule has 0 saturated carbocycles. The van der Waals surface area contributed by atoms with Crippen LogP contribution in [-0.4, -0.2) is 116 Å². The molecule has 55 heavy (non-hydrogen) atoms. The van der Waals surface area contributed by atoms with E-state index in [1.165, 1.54) is 19.4 Å². The molecule has 0 unspecified atom stereocenters. The van der Waals surface area contributed by atoms with Crippen LogP contribution in [0, 0.1) is 0 Å². The minimum atomic E-state index is -1.54. The number of hydrogen-bond donors (Lipinski definition) is 12. The van der Waals surface area contributed by atoms with Crippen LogP contribution in [0.25, 0.3) is 0 Å². The average molecular weight is 773 g/mol. The number of aromatic nitrogens is 2. The summed E-state index contributed by atoms with van der Waals surface area (Å²) < 4.78 is 0. The summed E-state index contributed by atoms with van der Waals surface area (Å²) in [6, 6.07) is 0.145. The van der Waals surface area contributed by atoms with E-state index in [1.54, 1.807) is 30.3 Å². The maximum atomic E-state index is 13.9. The lowest BCUT2D eigenvalue weighted by atomic mass is 10.0. The van der Waals surface area contributed by atoms with Crippen LogP contribution in [0.3, 0.4) is 0 Å². The van der Waals surface area contributed by atoms with Gasteiger partial charge in [-0.2, -0.15) is 0 Å². The number of nitrogens with one attached hydrogen (secondary N) is 6. The van der Waals surface area contributed by atoms with Crippen molar-refractivity contribution in [3.8, 4) is 0 Å². The van der Waals surface area contributed by atoms with Gasteiger partial charge in [-0.1, -0.05) is 30.3 Å². The molecule has 0 aliphatic rings. The normalized spacial score (nSPS) is 14.0. The minimum Gasteiger partial charge on any atom is -0.481 e. The smallest absolute Gasteiger partial charge is 0.305 e. The molecule has 2 rings (SSSR count). The van der Waals surface area contributed by atoms with Crippen molar-refractivity contribution >= 4 is 53.3 Å². The van der Waals surface area contributed by atoms with Gasteiger partial charge in [0.2, 0.25) is 35.4 Å². The number of primary amides is 1. The minimum absolute atomic E-state index is 0.0348. The molecular weight excluding hydrogens is 724 g/mol. The van der Waals surface area contributed by atoms with Crippen LogP contribution < -0.4 is 49.5 Å². The number of carboxylic acids is 2. The van der Waals surface area contributed by atoms with Crippen LogP contribution >= 0.6 is 0 Å². The third-order valence-corrected chi connectivity index (χ3v) is 7.90. The standard InChI is InChI=1S/C33H48N12O10/c1-17(41-29(52)20(34)14-26(48)49)28(51)42-22(9-10-25(46)47)31(54)45-24(12-18-6-3-2-4-7-18)32(55)43-21(8-5-11-39-33(36)37)30(53)44-23(27(35)50)13-19-15-38-16-40-19/h2-4,6-7,15-17,20-24H,5,8-14,34H2,1H3,(H2,35,50)(H,38,40)(H,41,52)(H,42,51)(H,43,55)(H,44,53)(H,45,54)(H,46,47)(H,48,49)(H4,36,37,39)/t17-,20-,21-,22-,23-,24-/m0/s1. The lowest BCUT2D eigenvalue weighted by Gasteiger charge is -2.27. The van der Waals surface area contributed by atoms with E-state index in [-0.39, 0.29) is 38.2 Å². The van der Waals surface area contributed by atoms with E-state index in [1.807, 2.05) is 0 Å². The molecule has 1 aromatic carbocycles. The fraction of sp³-hybridized carbons (Fsp3) is 0.455. The number of imidazole rings is 1. The molecule has 0 aliphatic carbocycles. The van der Waals surface area contributed by atoms with Gasteiger partial charge in [0.25, 0.3) is 0 Å². The van der Waals surface area contributed by atoms with Crippen LogP contribution in [0.4, 0.5) is 0 Å². The first kappa shape index (κ1) is 44.6. The van der Waals surface area contributed by atoms with Crippen LogP contribution in [0.1, 0.15) is 50.3 Å². The Hall–Kier alpha value is -6.58. The van der Waals surface area contributed by atoms with E-state index < -0.39 is 103 Å². The molecule has 0 saturated heterocycles. The highest BCUT2D eigenvalue weighted by molar-refractivity contribution is 5.97. The van der Waals surface area contributed by atoms with Crippen molar-refractivity contribution in [2.75, 3.05) is 6.54 Å². The van der Waals surface area contributed by atoms with Crippen molar-refractivity contribution in [3.05, 3.63) is 54.1 Å². The molecule has 300 valence electrons. The molecule has 2 aromatic rings. The van der Waals surface area contributed by atoms with E-state index in [0.29, 0.717) is 11.3 Å². The van der Waals surface area contributed by atoms with Crippen LogP contribution in [-0.2, 0) is 51.2 Å². The van der Waals surface area contributed by atoms with Gasteiger partial charge in [0.1, 0.15) is 30.2 Å². The number of hydrogen-bond acceptors (Lipinski definition) is 11. The summed E-state index contributed by atoms with van der Waals surface area (Å²) in [6.45, 7) is 1.31. The Bertz CT molecular complexity index is 1670. The molecule has 16 N–H and O–H groups in total. The zero-order valence-electron chi connectivity index (χ0n) is 30.0. The lowest BCUT2D eigenvalue weighted by molar-refractivity contribution is -0.140. The van der Waals surface area contributed by atoms with E-state index in [9.17, 15) is 43.5 Å². The number of nitrogens with two attached hydrogens (primary N) is 4. The number of rotatable bonds is 24. The summed E-state index contributed by atoms with van der Waals surface area (Å²) in [5.41, 5.74) is 23.0. The first-order valence-corrected chi connectivity index (χ1v) is 17.0. The zero-order valence-corrected chi connectivity index (χ0v) is 30.0. The maximum absolute atomic E-state index is 13.9. The van der Waals surface area contributed by atoms with Gasteiger partial charge >= 0.3 is 11.9 Å². The van der Waals surface area contributed by atoms with E-state index in [2.05, 4.69) is 41.5 Å². The van der Waals surface area contributed by atoms with Gasteiger partial charge in [0.05, 0.1) is 18.8 Å². The molecular formula is C33H48N12O10. The number of benzene rings is 1. The number of H-pyrrole nitrogens is 1. The molecule has 0 fully saturated rings. The van der Waals surface area contributed by atoms with Crippen LogP contribution in [0.2, 0.25) is 0 Å². The quantitative estimate of drug-likeness (QED) is 0.0274. The molecule has 1 aromatic heterocycles. The largest absolute Gasteiger partial charge is 0.481 e. The average Bonchev–Trinajstić information content (AvgIpc) is 3.63. The summed E-state index contributed by atoms with van der Waals surface area (Å²) in [4.78, 5) is 112. The van der Waals surface area contributed by atoms with Gasteiger partial charge in [0.15, 0.2) is 5.96 Å². The number of nitrogens with zero attached hydrogens (tertiary/aromatic N) is 2. The number of amides is 6. The Morgan fingerprint density at radius 1 is 0.745 bits per heavy atom. The SMILES string of the molecule is C[C@H](NC(=O)[C@@H](N)CC(=O)O)C(=O)N[C@@H](CCC(=O)O)C(=O)N[C@@H](Cc1ccccc1)C(=O)N[C@@H](CCCN=C(N)N)C(=O)N[C@@H](Cc1cnc[nH]1)C(N)=O. The van der Waals surface area contributed by atoms with Crippen LogP contribution in [0.15, 0.2) is 47.8 Å². The lowest BCUT2D eigenvalue weighted by Crippen LogP contribution is -2.59. The Labute approximate surface area is 315 Å². The summed E-state index contributed by atoms with van der Waals surface area (Å²) in [7, 11) is 0. The highest BCUT2D eigenvalue weighted by Gasteiger charge is 2.32. The van der Waals surface area contributed by atoms with Gasteiger partial charge in [0, 0.05) is 37.7 Å². The number of carboxylic acid groups (broad SMARTS) is 2. The molecule has 0 spiro atoms. The van der Waals surface area contributed by atoms with E-state index in [4.69, 9.17) is 28.0 Å². The van der Waals surface area contributed by atoms with Gasteiger partial charge in [-0.25, -0.2) is 4.98 Å². The second kappa shape index (κ2) is 22.5. The second-order valence-corrected chi connectivity index (χ2v) is 12.4. The number of aromatic amines is 1. The van der Waals surface area contributed by atoms with Gasteiger partial charge in [-0.3, -0.25) is 43.3 Å². The Kier molecular flexibility index (Phi) is 18.2.